The van der Waals surface area contributed by atoms with E-state index in [2.05, 4.69) is 43.4 Å². The minimum atomic E-state index is 0.263. The summed E-state index contributed by atoms with van der Waals surface area (Å²) in [5.41, 5.74) is 0. The molecule has 2 saturated heterocycles. The SMILES string of the molecule is OCC[C@@H]1CN(Cc2cnc(N3CCCC3)s2)CCN1Cc1cccs1. The lowest BCUT2D eigenvalue weighted by Crippen LogP contribution is -2.52. The number of rotatable bonds is 7. The van der Waals surface area contributed by atoms with E-state index < -0.39 is 0 Å². The fraction of sp³-hybridized carbons (Fsp3) is 0.632. The Labute approximate surface area is 163 Å². The summed E-state index contributed by atoms with van der Waals surface area (Å²) < 4.78 is 0. The summed E-state index contributed by atoms with van der Waals surface area (Å²) in [5, 5.41) is 12.8. The van der Waals surface area contributed by atoms with Gasteiger partial charge in [0, 0.05) is 74.4 Å². The number of piperazine rings is 1. The van der Waals surface area contributed by atoms with Gasteiger partial charge in [-0.2, -0.15) is 0 Å². The molecule has 0 saturated carbocycles. The molecule has 2 aromatic heterocycles. The second-order valence-electron chi connectivity index (χ2n) is 7.25. The lowest BCUT2D eigenvalue weighted by atomic mass is 10.1. The standard InChI is InChI=1S/C19H28N4OS2/c24-10-5-16-13-21(8-9-23(16)15-17-4-3-11-25-17)14-18-12-20-19(26-18)22-6-1-2-7-22/h3-4,11-12,16,24H,1-2,5-10,13-15H2/t16-/m1/s1. The van der Waals surface area contributed by atoms with Crippen LogP contribution in [0.5, 0.6) is 0 Å². The molecule has 2 aromatic rings. The summed E-state index contributed by atoms with van der Waals surface area (Å²) in [6.45, 7) is 7.77. The summed E-state index contributed by atoms with van der Waals surface area (Å²) in [7, 11) is 0. The van der Waals surface area contributed by atoms with Gasteiger partial charge in [0.15, 0.2) is 5.13 Å². The molecule has 1 atom stereocenters. The Morgan fingerprint density at radius 1 is 1.12 bits per heavy atom. The maximum atomic E-state index is 9.51. The predicted molar refractivity (Wildman–Crippen MR) is 109 cm³/mol. The van der Waals surface area contributed by atoms with E-state index in [9.17, 15) is 5.11 Å². The molecule has 142 valence electrons. The molecule has 0 spiro atoms. The molecular formula is C19H28N4OS2. The maximum Gasteiger partial charge on any atom is 0.185 e. The Kier molecular flexibility index (Phi) is 6.22. The maximum absolute atomic E-state index is 9.51. The van der Waals surface area contributed by atoms with Gasteiger partial charge in [0.05, 0.1) is 0 Å². The van der Waals surface area contributed by atoms with Crippen molar-refractivity contribution < 1.29 is 5.11 Å². The van der Waals surface area contributed by atoms with Crippen molar-refractivity contribution in [1.82, 2.24) is 14.8 Å². The first kappa shape index (κ1) is 18.4. The van der Waals surface area contributed by atoms with Gasteiger partial charge in [-0.1, -0.05) is 6.07 Å². The lowest BCUT2D eigenvalue weighted by Gasteiger charge is -2.41. The van der Waals surface area contributed by atoms with Gasteiger partial charge >= 0.3 is 0 Å². The first-order valence-electron chi connectivity index (χ1n) is 9.61. The molecule has 0 unspecified atom stereocenters. The second-order valence-corrected chi connectivity index (χ2v) is 9.38. The predicted octanol–water partition coefficient (Wildman–Crippen LogP) is 2.87. The topological polar surface area (TPSA) is 42.8 Å². The van der Waals surface area contributed by atoms with Crippen molar-refractivity contribution in [2.75, 3.05) is 44.2 Å². The van der Waals surface area contributed by atoms with Crippen LogP contribution in [0.2, 0.25) is 0 Å². The normalized spacial score (nSPS) is 22.3. The van der Waals surface area contributed by atoms with Crippen LogP contribution >= 0.6 is 22.7 Å². The number of aliphatic hydroxyl groups excluding tert-OH is 1. The van der Waals surface area contributed by atoms with E-state index in [0.717, 1.165) is 52.2 Å². The minimum Gasteiger partial charge on any atom is -0.396 e. The van der Waals surface area contributed by atoms with E-state index in [1.54, 1.807) is 0 Å². The van der Waals surface area contributed by atoms with E-state index in [-0.39, 0.29) is 6.61 Å². The van der Waals surface area contributed by atoms with Crippen molar-refractivity contribution in [3.63, 3.8) is 0 Å². The van der Waals surface area contributed by atoms with Gasteiger partial charge < -0.3 is 10.0 Å². The van der Waals surface area contributed by atoms with Crippen LogP contribution in [0.1, 0.15) is 29.0 Å². The van der Waals surface area contributed by atoms with Crippen LogP contribution in [0.4, 0.5) is 5.13 Å². The van der Waals surface area contributed by atoms with Crippen LogP contribution in [-0.4, -0.2) is 65.3 Å². The highest BCUT2D eigenvalue weighted by atomic mass is 32.1. The molecule has 2 aliphatic heterocycles. The van der Waals surface area contributed by atoms with E-state index in [1.807, 2.05) is 22.7 Å². The van der Waals surface area contributed by atoms with Crippen molar-refractivity contribution >= 4 is 27.8 Å². The number of nitrogens with zero attached hydrogens (tertiary/aromatic N) is 4. The van der Waals surface area contributed by atoms with E-state index in [0.29, 0.717) is 6.04 Å². The zero-order chi connectivity index (χ0) is 17.8. The Morgan fingerprint density at radius 3 is 2.77 bits per heavy atom. The highest BCUT2D eigenvalue weighted by molar-refractivity contribution is 7.15. The number of thiazole rings is 1. The summed E-state index contributed by atoms with van der Waals surface area (Å²) in [6, 6.07) is 4.77. The molecule has 4 rings (SSSR count). The van der Waals surface area contributed by atoms with Gasteiger partial charge in [-0.15, -0.1) is 22.7 Å². The lowest BCUT2D eigenvalue weighted by molar-refractivity contribution is 0.0511. The number of thiophene rings is 1. The molecule has 0 aromatic carbocycles. The van der Waals surface area contributed by atoms with Crippen LogP contribution in [-0.2, 0) is 13.1 Å². The first-order valence-corrected chi connectivity index (χ1v) is 11.3. The largest absolute Gasteiger partial charge is 0.396 e. The van der Waals surface area contributed by atoms with Crippen LogP contribution in [0.25, 0.3) is 0 Å². The third-order valence-electron chi connectivity index (χ3n) is 5.39. The molecule has 4 heterocycles. The van der Waals surface area contributed by atoms with Crippen LogP contribution in [0, 0.1) is 0 Å². The molecule has 0 bridgehead atoms. The number of hydrogen-bond donors (Lipinski definition) is 1. The zero-order valence-electron chi connectivity index (χ0n) is 15.2. The average molecular weight is 393 g/mol. The average Bonchev–Trinajstić information content (AvgIpc) is 3.39. The molecule has 0 aliphatic carbocycles. The molecular weight excluding hydrogens is 364 g/mol. The summed E-state index contributed by atoms with van der Waals surface area (Å²) in [4.78, 5) is 14.9. The van der Waals surface area contributed by atoms with Gasteiger partial charge in [-0.25, -0.2) is 4.98 Å². The van der Waals surface area contributed by atoms with Crippen molar-refractivity contribution in [3.8, 4) is 0 Å². The highest BCUT2D eigenvalue weighted by Gasteiger charge is 2.27. The van der Waals surface area contributed by atoms with Gasteiger partial charge in [0.25, 0.3) is 0 Å². The molecule has 2 fully saturated rings. The Hall–Kier alpha value is -0.990. The number of hydrogen-bond acceptors (Lipinski definition) is 7. The summed E-state index contributed by atoms with van der Waals surface area (Å²) in [5.74, 6) is 0. The minimum absolute atomic E-state index is 0.263. The van der Waals surface area contributed by atoms with Gasteiger partial charge in [-0.3, -0.25) is 9.80 Å². The summed E-state index contributed by atoms with van der Waals surface area (Å²) in [6.07, 6.45) is 5.51. The smallest absolute Gasteiger partial charge is 0.185 e. The Balaban J connectivity index is 1.34. The quantitative estimate of drug-likeness (QED) is 0.785. The third kappa shape index (κ3) is 4.46. The fourth-order valence-corrected chi connectivity index (χ4v) is 5.71. The summed E-state index contributed by atoms with van der Waals surface area (Å²) >= 11 is 3.68. The Bertz CT molecular complexity index is 669. The van der Waals surface area contributed by atoms with E-state index in [1.165, 1.54) is 27.7 Å². The molecule has 5 nitrogen and oxygen atoms in total. The monoisotopic (exact) mass is 392 g/mol. The van der Waals surface area contributed by atoms with Crippen LogP contribution in [0.3, 0.4) is 0 Å². The fourth-order valence-electron chi connectivity index (χ4n) is 3.98. The van der Waals surface area contributed by atoms with Gasteiger partial charge in [0.1, 0.15) is 0 Å². The first-order chi connectivity index (χ1) is 12.8. The molecule has 2 aliphatic rings. The van der Waals surface area contributed by atoms with Crippen LogP contribution in [0.15, 0.2) is 23.7 Å². The third-order valence-corrected chi connectivity index (χ3v) is 7.29. The van der Waals surface area contributed by atoms with E-state index >= 15 is 0 Å². The van der Waals surface area contributed by atoms with E-state index in [4.69, 9.17) is 0 Å². The molecule has 1 N–H and O–H groups in total. The zero-order valence-corrected chi connectivity index (χ0v) is 16.9. The van der Waals surface area contributed by atoms with Crippen molar-refractivity contribution in [3.05, 3.63) is 33.5 Å². The number of aromatic nitrogens is 1. The van der Waals surface area contributed by atoms with Gasteiger partial charge in [-0.05, 0) is 30.7 Å². The van der Waals surface area contributed by atoms with Gasteiger partial charge in [0.2, 0.25) is 0 Å². The Morgan fingerprint density at radius 2 is 2.00 bits per heavy atom. The molecule has 0 radical (unpaired) electrons. The highest BCUT2D eigenvalue weighted by Crippen LogP contribution is 2.27. The van der Waals surface area contributed by atoms with Crippen molar-refractivity contribution in [1.29, 1.82) is 0 Å². The molecule has 0 amide bonds. The second kappa shape index (κ2) is 8.80. The van der Waals surface area contributed by atoms with Crippen molar-refractivity contribution in [2.24, 2.45) is 0 Å². The molecule has 26 heavy (non-hydrogen) atoms. The number of aliphatic hydroxyl groups is 1. The number of anilines is 1. The van der Waals surface area contributed by atoms with Crippen molar-refractivity contribution in [2.45, 2.75) is 38.4 Å². The molecule has 7 heteroatoms. The van der Waals surface area contributed by atoms with Crippen LogP contribution < -0.4 is 4.90 Å².